The van der Waals surface area contributed by atoms with Crippen LogP contribution in [-0.4, -0.2) is 145 Å². The maximum absolute atomic E-state index is 7.00. The van der Waals surface area contributed by atoms with E-state index < -0.39 is 0 Å². The number of nitrogens with zero attached hydrogens (tertiary/aromatic N) is 10. The topological polar surface area (TPSA) is 177 Å². The number of nitrogens with one attached hydrogen (secondary N) is 4. The second-order valence-electron chi connectivity index (χ2n) is 18.5. The summed E-state index contributed by atoms with van der Waals surface area (Å²) >= 11 is 12.6. The van der Waals surface area contributed by atoms with Crippen molar-refractivity contribution in [3.05, 3.63) is 46.4 Å². The highest BCUT2D eigenvalue weighted by molar-refractivity contribution is 6.32. The summed E-state index contributed by atoms with van der Waals surface area (Å²) < 4.78 is 10.5. The molecule has 0 spiro atoms. The molecule has 2 aliphatic carbocycles. The number of piperidine rings is 2. The van der Waals surface area contributed by atoms with E-state index in [2.05, 4.69) is 69.1 Å². The minimum atomic E-state index is 0. The van der Waals surface area contributed by atoms with Crippen LogP contribution in [0.15, 0.2) is 36.4 Å². The van der Waals surface area contributed by atoms with Crippen LogP contribution < -0.4 is 40.5 Å². The molecule has 70 heavy (non-hydrogen) atoms. The van der Waals surface area contributed by atoms with Gasteiger partial charge in [-0.3, -0.25) is 0 Å². The summed E-state index contributed by atoms with van der Waals surface area (Å²) in [5, 5.41) is 21.9. The summed E-state index contributed by atoms with van der Waals surface area (Å²) in [6.45, 7) is 4.34. The van der Waals surface area contributed by atoms with E-state index in [0.717, 1.165) is 96.0 Å². The molecule has 0 atom stereocenters. The molecule has 0 radical (unpaired) electrons. The van der Waals surface area contributed by atoms with Gasteiger partial charge in [0.1, 0.15) is 11.5 Å². The van der Waals surface area contributed by atoms with Crippen LogP contribution in [0, 0.1) is 0 Å². The summed E-state index contributed by atoms with van der Waals surface area (Å²) in [6.07, 6.45) is 19.3. The van der Waals surface area contributed by atoms with Crippen LogP contribution in [0.4, 0.5) is 47.1 Å². The van der Waals surface area contributed by atoms with Gasteiger partial charge in [-0.1, -0.05) is 82.0 Å². The summed E-state index contributed by atoms with van der Waals surface area (Å²) in [6, 6.07) is 12.8. The second kappa shape index (κ2) is 29.8. The Morgan fingerprint density at radius 3 is 1.17 bits per heavy atom. The number of likely N-dealkylation sites (tertiary alicyclic amines) is 2. The van der Waals surface area contributed by atoms with Gasteiger partial charge in [-0.2, -0.15) is 29.9 Å². The highest BCUT2D eigenvalue weighted by Crippen LogP contribution is 2.32. The van der Waals surface area contributed by atoms with Gasteiger partial charge in [-0.25, -0.2) is 0 Å². The molecule has 2 aliphatic heterocycles. The molecule has 2 aromatic carbocycles. The highest BCUT2D eigenvalue weighted by Gasteiger charge is 2.26. The number of ether oxygens (including phenoxy) is 2. The van der Waals surface area contributed by atoms with Crippen LogP contribution in [0.25, 0.3) is 0 Å². The van der Waals surface area contributed by atoms with Gasteiger partial charge in [0.2, 0.25) is 35.7 Å². The number of methoxy groups -OCH3 is 2. The number of benzene rings is 2. The molecule has 0 unspecified atom stereocenters. The summed E-state index contributed by atoms with van der Waals surface area (Å²) in [5.74, 6) is 4.94. The predicted molar refractivity (Wildman–Crippen MR) is 292 cm³/mol. The van der Waals surface area contributed by atoms with E-state index in [1.54, 1.807) is 14.2 Å². The molecule has 0 amide bonds. The molecule has 20 heteroatoms. The van der Waals surface area contributed by atoms with E-state index in [9.17, 15) is 0 Å². The summed E-state index contributed by atoms with van der Waals surface area (Å²) in [4.78, 5) is 37.8. The number of hydrogen-bond donors (Lipinski definition) is 5. The first-order chi connectivity index (χ1) is 33.0. The zero-order valence-corrected chi connectivity index (χ0v) is 44.1. The van der Waals surface area contributed by atoms with Crippen LogP contribution in [-0.2, 0) is 0 Å². The average Bonchev–Trinajstić information content (AvgIpc) is 3.78. The van der Waals surface area contributed by atoms with Crippen molar-refractivity contribution in [1.29, 1.82) is 0 Å². The number of halogens is 3. The molecule has 4 heterocycles. The minimum absolute atomic E-state index is 0. The van der Waals surface area contributed by atoms with Gasteiger partial charge < -0.3 is 55.4 Å². The fourth-order valence-corrected chi connectivity index (χ4v) is 9.85. The Kier molecular flexibility index (Phi) is 24.8. The van der Waals surface area contributed by atoms with Crippen molar-refractivity contribution in [3.8, 4) is 11.5 Å². The maximum Gasteiger partial charge on any atom is 0.233 e. The van der Waals surface area contributed by atoms with Crippen molar-refractivity contribution in [3.63, 3.8) is 0 Å². The number of hydrogen-bond acceptors (Lipinski definition) is 17. The van der Waals surface area contributed by atoms with Crippen molar-refractivity contribution in [1.82, 2.24) is 39.7 Å². The van der Waals surface area contributed by atoms with Gasteiger partial charge in [-0.15, -0.1) is 12.4 Å². The monoisotopic (exact) mass is 1030 g/mol. The standard InChI is InChI=1S/2C24H36ClN7O.CH4O.CH4.ClH/c2*1-31-14-12-19(13-15-31)32(2)24-29-22(26-17-8-6-4-5-7-9-17)28-23(30-24)27-18-10-11-21(33-3)20(25)16-18;1-2;;/h2*10-11,16-17,19H,4-9,12-15H2,1-3H3,(H2,26,27,28,29,30);2H,1H3;1H4;1H. The van der Waals surface area contributed by atoms with Gasteiger partial charge >= 0.3 is 0 Å². The molecule has 0 bridgehead atoms. The average molecular weight is 1030 g/mol. The molecular formula is C50H81Cl3N14O3. The largest absolute Gasteiger partial charge is 0.495 e. The molecule has 390 valence electrons. The zero-order chi connectivity index (χ0) is 48.4. The van der Waals surface area contributed by atoms with Crippen molar-refractivity contribution in [2.75, 3.05) is 107 Å². The van der Waals surface area contributed by atoms with Crippen LogP contribution in [0.3, 0.4) is 0 Å². The van der Waals surface area contributed by atoms with Crippen LogP contribution >= 0.6 is 35.6 Å². The number of rotatable bonds is 14. The number of aliphatic hydroxyl groups is 1. The first kappa shape index (κ1) is 58.2. The Labute approximate surface area is 434 Å². The van der Waals surface area contributed by atoms with Crippen molar-refractivity contribution in [2.24, 2.45) is 0 Å². The summed E-state index contributed by atoms with van der Waals surface area (Å²) in [7, 11) is 12.8. The normalized spacial score (nSPS) is 17.6. The zero-order valence-electron chi connectivity index (χ0n) is 41.8. The fourth-order valence-electron chi connectivity index (χ4n) is 9.34. The molecule has 4 fully saturated rings. The lowest BCUT2D eigenvalue weighted by atomic mass is 10.0. The predicted octanol–water partition coefficient (Wildman–Crippen LogP) is 10.6. The van der Waals surface area contributed by atoms with E-state index >= 15 is 0 Å². The molecular weight excluding hydrogens is 951 g/mol. The Hall–Kier alpha value is -4.39. The van der Waals surface area contributed by atoms with E-state index in [-0.39, 0.29) is 19.8 Å². The fraction of sp³-hybridized carbons (Fsp3) is 0.640. The molecule has 5 N–H and O–H groups in total. The van der Waals surface area contributed by atoms with E-state index in [1.165, 1.54) is 51.4 Å². The van der Waals surface area contributed by atoms with Gasteiger partial charge in [0, 0.05) is 56.7 Å². The van der Waals surface area contributed by atoms with Crippen molar-refractivity contribution < 1.29 is 14.6 Å². The van der Waals surface area contributed by atoms with Gasteiger partial charge in [0.15, 0.2) is 0 Å². The summed E-state index contributed by atoms with van der Waals surface area (Å²) in [5.41, 5.74) is 1.61. The minimum Gasteiger partial charge on any atom is -0.495 e. The van der Waals surface area contributed by atoms with Crippen LogP contribution in [0.5, 0.6) is 11.5 Å². The number of aliphatic hydroxyl groups excluding tert-OH is 1. The Morgan fingerprint density at radius 2 is 0.857 bits per heavy atom. The third kappa shape index (κ3) is 17.4. The third-order valence-electron chi connectivity index (χ3n) is 13.5. The van der Waals surface area contributed by atoms with E-state index in [4.69, 9.17) is 67.7 Å². The third-order valence-corrected chi connectivity index (χ3v) is 14.1. The van der Waals surface area contributed by atoms with Gasteiger partial charge in [0.05, 0.1) is 24.3 Å². The van der Waals surface area contributed by atoms with Crippen LogP contribution in [0.1, 0.15) is 110 Å². The molecule has 2 aromatic heterocycles. The van der Waals surface area contributed by atoms with Crippen molar-refractivity contribution in [2.45, 2.75) is 134 Å². The smallest absolute Gasteiger partial charge is 0.233 e. The lowest BCUT2D eigenvalue weighted by Crippen LogP contribution is -2.42. The molecule has 17 nitrogen and oxygen atoms in total. The number of anilines is 8. The van der Waals surface area contributed by atoms with Gasteiger partial charge in [-0.05, 0) is 128 Å². The second-order valence-corrected chi connectivity index (χ2v) is 19.3. The first-order valence-corrected chi connectivity index (χ1v) is 25.3. The highest BCUT2D eigenvalue weighted by atomic mass is 35.5. The lowest BCUT2D eigenvalue weighted by Gasteiger charge is -2.35. The number of aromatic nitrogens is 6. The van der Waals surface area contributed by atoms with Crippen molar-refractivity contribution >= 4 is 82.7 Å². The SMILES string of the molecule is C.CO.COc1ccc(Nc2nc(NC3CCCCCC3)nc(N(C)C3CCN(C)CC3)n2)cc1Cl.COc1ccc(Nc2nc(NC3CCCCCC3)nc(N(C)C3CCN(C)CC3)n2)cc1Cl.Cl. The Bertz CT molecular complexity index is 1980. The Balaban J connectivity index is 0.000000286. The van der Waals surface area contributed by atoms with E-state index in [1.807, 2.05) is 36.4 Å². The van der Waals surface area contributed by atoms with Crippen LogP contribution in [0.2, 0.25) is 10.0 Å². The molecule has 4 aromatic rings. The van der Waals surface area contributed by atoms with E-state index in [0.29, 0.717) is 81.4 Å². The lowest BCUT2D eigenvalue weighted by molar-refractivity contribution is 0.252. The molecule has 8 rings (SSSR count). The maximum atomic E-state index is 7.00. The molecule has 2 saturated heterocycles. The Morgan fingerprint density at radius 1 is 0.529 bits per heavy atom. The molecule has 2 saturated carbocycles. The molecule has 4 aliphatic rings. The first-order valence-electron chi connectivity index (χ1n) is 24.6. The quantitative estimate of drug-likeness (QED) is 0.0753. The van der Waals surface area contributed by atoms with Gasteiger partial charge in [0.25, 0.3) is 0 Å².